The third-order valence-corrected chi connectivity index (χ3v) is 2.45. The molecule has 5 nitrogen and oxygen atoms in total. The number of carbonyl (C=O) groups is 2. The average Bonchev–Trinajstić information content (AvgIpc) is 2.62. The molecule has 2 atom stereocenters. The first-order valence-electron chi connectivity index (χ1n) is 5.44. The molecule has 2 amide bonds. The predicted molar refractivity (Wildman–Crippen MR) is 57.3 cm³/mol. The molecule has 0 spiro atoms. The molecular formula is C10H19N3O2. The number of likely N-dealkylation sites (N-methyl/N-ethyl adjacent to an activating group) is 1. The van der Waals surface area contributed by atoms with Crippen LogP contribution in [0.1, 0.15) is 26.7 Å². The van der Waals surface area contributed by atoms with Gasteiger partial charge in [-0.15, -0.1) is 0 Å². The highest BCUT2D eigenvalue weighted by atomic mass is 16.2. The molecule has 0 aromatic heterocycles. The van der Waals surface area contributed by atoms with Gasteiger partial charge in [-0.25, -0.2) is 0 Å². The highest BCUT2D eigenvalue weighted by molar-refractivity contribution is 5.90. The molecule has 0 aromatic rings. The van der Waals surface area contributed by atoms with E-state index in [2.05, 4.69) is 16.0 Å². The van der Waals surface area contributed by atoms with Crippen LogP contribution in [-0.2, 0) is 9.59 Å². The molecule has 1 rings (SSSR count). The summed E-state index contributed by atoms with van der Waals surface area (Å²) in [4.78, 5) is 22.4. The lowest BCUT2D eigenvalue weighted by molar-refractivity contribution is -0.125. The van der Waals surface area contributed by atoms with Crippen molar-refractivity contribution in [1.29, 1.82) is 0 Å². The van der Waals surface area contributed by atoms with E-state index in [-0.39, 0.29) is 23.9 Å². The van der Waals surface area contributed by atoms with Gasteiger partial charge in [-0.1, -0.05) is 6.92 Å². The molecule has 0 unspecified atom stereocenters. The van der Waals surface area contributed by atoms with E-state index in [1.54, 1.807) is 0 Å². The third-order valence-electron chi connectivity index (χ3n) is 2.45. The van der Waals surface area contributed by atoms with E-state index >= 15 is 0 Å². The Balaban J connectivity index is 2.21. The van der Waals surface area contributed by atoms with Crippen molar-refractivity contribution in [3.8, 4) is 0 Å². The second kappa shape index (κ2) is 5.70. The Hall–Kier alpha value is -1.10. The van der Waals surface area contributed by atoms with Crippen LogP contribution in [-0.4, -0.2) is 37.0 Å². The minimum absolute atomic E-state index is 0.0325. The lowest BCUT2D eigenvalue weighted by Gasteiger charge is -2.15. The first-order chi connectivity index (χ1) is 7.13. The summed E-state index contributed by atoms with van der Waals surface area (Å²) < 4.78 is 0. The zero-order valence-electron chi connectivity index (χ0n) is 9.30. The Morgan fingerprint density at radius 2 is 2.40 bits per heavy atom. The van der Waals surface area contributed by atoms with Gasteiger partial charge >= 0.3 is 0 Å². The summed E-state index contributed by atoms with van der Waals surface area (Å²) in [7, 11) is 0. The molecular weight excluding hydrogens is 194 g/mol. The van der Waals surface area contributed by atoms with Crippen LogP contribution in [0.4, 0.5) is 0 Å². The minimum Gasteiger partial charge on any atom is -0.353 e. The smallest absolute Gasteiger partial charge is 0.242 e. The van der Waals surface area contributed by atoms with Crippen molar-refractivity contribution >= 4 is 11.8 Å². The summed E-state index contributed by atoms with van der Waals surface area (Å²) in [6, 6.07) is -0.0672. The second-order valence-corrected chi connectivity index (χ2v) is 3.86. The number of nitrogens with one attached hydrogen (secondary N) is 3. The molecule has 0 aromatic carbocycles. The van der Waals surface area contributed by atoms with Gasteiger partial charge in [0.25, 0.3) is 0 Å². The van der Waals surface area contributed by atoms with Crippen molar-refractivity contribution in [1.82, 2.24) is 16.0 Å². The number of amides is 2. The average molecular weight is 213 g/mol. The number of hydrogen-bond donors (Lipinski definition) is 3. The SMILES string of the molecule is CCN[C@H](C)CNC(=O)[C@H]1CCC(=O)N1. The normalized spacial score (nSPS) is 22.3. The zero-order valence-corrected chi connectivity index (χ0v) is 9.30. The van der Waals surface area contributed by atoms with E-state index in [0.717, 1.165) is 6.54 Å². The maximum Gasteiger partial charge on any atom is 0.242 e. The van der Waals surface area contributed by atoms with Crippen LogP contribution < -0.4 is 16.0 Å². The fraction of sp³-hybridized carbons (Fsp3) is 0.800. The molecule has 3 N–H and O–H groups in total. The summed E-state index contributed by atoms with van der Waals surface area (Å²) in [5.41, 5.74) is 0. The molecule has 1 heterocycles. The summed E-state index contributed by atoms with van der Waals surface area (Å²) in [6.45, 7) is 5.52. The van der Waals surface area contributed by atoms with Gasteiger partial charge in [-0.05, 0) is 19.9 Å². The van der Waals surface area contributed by atoms with Gasteiger partial charge in [0.05, 0.1) is 0 Å². The van der Waals surface area contributed by atoms with E-state index in [4.69, 9.17) is 0 Å². The number of hydrogen-bond acceptors (Lipinski definition) is 3. The molecule has 0 bridgehead atoms. The van der Waals surface area contributed by atoms with E-state index in [9.17, 15) is 9.59 Å². The van der Waals surface area contributed by atoms with Crippen LogP contribution >= 0.6 is 0 Å². The molecule has 0 saturated carbocycles. The molecule has 86 valence electrons. The van der Waals surface area contributed by atoms with Crippen LogP contribution in [0.5, 0.6) is 0 Å². The van der Waals surface area contributed by atoms with Gasteiger partial charge in [0.2, 0.25) is 11.8 Å². The molecule has 1 fully saturated rings. The van der Waals surface area contributed by atoms with Gasteiger partial charge < -0.3 is 16.0 Å². The van der Waals surface area contributed by atoms with Gasteiger partial charge in [-0.3, -0.25) is 9.59 Å². The Kier molecular flexibility index (Phi) is 4.55. The van der Waals surface area contributed by atoms with Crippen molar-refractivity contribution in [3.05, 3.63) is 0 Å². The first-order valence-corrected chi connectivity index (χ1v) is 5.44. The van der Waals surface area contributed by atoms with Gasteiger partial charge in [-0.2, -0.15) is 0 Å². The van der Waals surface area contributed by atoms with Crippen molar-refractivity contribution in [2.45, 2.75) is 38.8 Å². The Morgan fingerprint density at radius 3 is 2.93 bits per heavy atom. The zero-order chi connectivity index (χ0) is 11.3. The van der Waals surface area contributed by atoms with Gasteiger partial charge in [0.1, 0.15) is 6.04 Å². The van der Waals surface area contributed by atoms with Crippen molar-refractivity contribution < 1.29 is 9.59 Å². The second-order valence-electron chi connectivity index (χ2n) is 3.86. The fourth-order valence-electron chi connectivity index (χ4n) is 1.61. The molecule has 0 radical (unpaired) electrons. The van der Waals surface area contributed by atoms with Crippen LogP contribution in [0.2, 0.25) is 0 Å². The maximum absolute atomic E-state index is 11.5. The highest BCUT2D eigenvalue weighted by Crippen LogP contribution is 2.05. The molecule has 0 aliphatic carbocycles. The van der Waals surface area contributed by atoms with Gasteiger partial charge in [0, 0.05) is 19.0 Å². The highest BCUT2D eigenvalue weighted by Gasteiger charge is 2.26. The van der Waals surface area contributed by atoms with Crippen LogP contribution in [0.15, 0.2) is 0 Å². The predicted octanol–water partition coefficient (Wildman–Crippen LogP) is -0.621. The minimum atomic E-state index is -0.327. The van der Waals surface area contributed by atoms with E-state index in [0.29, 0.717) is 19.4 Å². The van der Waals surface area contributed by atoms with Gasteiger partial charge in [0.15, 0.2) is 0 Å². The van der Waals surface area contributed by atoms with Crippen LogP contribution in [0.3, 0.4) is 0 Å². The Morgan fingerprint density at radius 1 is 1.67 bits per heavy atom. The van der Waals surface area contributed by atoms with Crippen LogP contribution in [0, 0.1) is 0 Å². The largest absolute Gasteiger partial charge is 0.353 e. The third kappa shape index (κ3) is 3.87. The number of rotatable bonds is 5. The van der Waals surface area contributed by atoms with Crippen molar-refractivity contribution in [3.63, 3.8) is 0 Å². The number of carbonyl (C=O) groups excluding carboxylic acids is 2. The van der Waals surface area contributed by atoms with E-state index in [1.165, 1.54) is 0 Å². The lowest BCUT2D eigenvalue weighted by atomic mass is 10.2. The molecule has 15 heavy (non-hydrogen) atoms. The summed E-state index contributed by atoms with van der Waals surface area (Å²) >= 11 is 0. The lowest BCUT2D eigenvalue weighted by Crippen LogP contribution is -2.46. The van der Waals surface area contributed by atoms with Crippen molar-refractivity contribution in [2.75, 3.05) is 13.1 Å². The Labute approximate surface area is 90.0 Å². The van der Waals surface area contributed by atoms with E-state index < -0.39 is 0 Å². The topological polar surface area (TPSA) is 70.2 Å². The summed E-state index contributed by atoms with van der Waals surface area (Å²) in [6.07, 6.45) is 1.07. The maximum atomic E-state index is 11.5. The molecule has 1 saturated heterocycles. The molecule has 5 heteroatoms. The Bertz CT molecular complexity index is 243. The monoisotopic (exact) mass is 213 g/mol. The summed E-state index contributed by atoms with van der Waals surface area (Å²) in [5, 5.41) is 8.65. The molecule has 1 aliphatic heterocycles. The quantitative estimate of drug-likeness (QED) is 0.570. The van der Waals surface area contributed by atoms with E-state index in [1.807, 2.05) is 13.8 Å². The standard InChI is InChI=1S/C10H19N3O2/c1-3-11-7(2)6-12-10(15)8-4-5-9(14)13-8/h7-8,11H,3-6H2,1-2H3,(H,12,15)(H,13,14)/t7-,8-/m1/s1. The molecule has 1 aliphatic rings. The summed E-state index contributed by atoms with van der Waals surface area (Å²) in [5.74, 6) is -0.111. The fourth-order valence-corrected chi connectivity index (χ4v) is 1.61. The first kappa shape index (κ1) is 12.0. The van der Waals surface area contributed by atoms with Crippen molar-refractivity contribution in [2.24, 2.45) is 0 Å². The van der Waals surface area contributed by atoms with Crippen LogP contribution in [0.25, 0.3) is 0 Å².